The number of fused-ring (bicyclic) bond motifs is 1. The lowest BCUT2D eigenvalue weighted by Gasteiger charge is -2.16. The predicted octanol–water partition coefficient (Wildman–Crippen LogP) is 2.89. The minimum atomic E-state index is -0.100. The molecule has 0 unspecified atom stereocenters. The Morgan fingerprint density at radius 2 is 2.30 bits per heavy atom. The van der Waals surface area contributed by atoms with Crippen LogP contribution in [0, 0.1) is 19.3 Å². The molecular weight excluding hydrogens is 424 g/mol. The number of benzene rings is 1. The van der Waals surface area contributed by atoms with Crippen LogP contribution in [0.25, 0.3) is 16.7 Å². The Balaban J connectivity index is 1.65. The van der Waals surface area contributed by atoms with E-state index in [9.17, 15) is 4.79 Å². The second kappa shape index (κ2) is 8.79. The van der Waals surface area contributed by atoms with E-state index in [-0.39, 0.29) is 23.3 Å². The number of aromatic amines is 1. The Kier molecular flexibility index (Phi) is 6.12. The monoisotopic (exact) mass is 446 g/mol. The molecule has 0 radical (unpaired) electrons. The Bertz CT molecular complexity index is 1150. The van der Waals surface area contributed by atoms with E-state index in [1.165, 1.54) is 11.8 Å². The maximum Gasteiger partial charge on any atom is 0.230 e. The van der Waals surface area contributed by atoms with Crippen molar-refractivity contribution in [2.75, 3.05) is 18.9 Å². The van der Waals surface area contributed by atoms with E-state index in [0.717, 1.165) is 36.4 Å². The van der Waals surface area contributed by atoms with Crippen molar-refractivity contribution in [2.24, 2.45) is 0 Å². The molecule has 3 N–H and O–H groups in total. The summed E-state index contributed by atoms with van der Waals surface area (Å²) in [5.41, 5.74) is 3.06. The highest BCUT2D eigenvalue weighted by Crippen LogP contribution is 2.26. The average molecular weight is 447 g/mol. The number of nitrogens with zero attached hydrogens (tertiary/aromatic N) is 3. The summed E-state index contributed by atoms with van der Waals surface area (Å²) in [7, 11) is 0. The highest BCUT2D eigenvalue weighted by atomic mass is 35.5. The molecule has 4 rings (SSSR count). The minimum absolute atomic E-state index is 0.0966. The Morgan fingerprint density at radius 1 is 1.47 bits per heavy atom. The third-order valence-electron chi connectivity index (χ3n) is 5.14. The van der Waals surface area contributed by atoms with Crippen LogP contribution in [0.2, 0.25) is 5.02 Å². The van der Waals surface area contributed by atoms with Gasteiger partial charge in [0, 0.05) is 23.9 Å². The number of carbonyl (C=O) groups excluding carboxylic acids is 1. The molecule has 1 aliphatic rings. The number of thioether (sulfide) groups is 1. The molecule has 1 aromatic carbocycles. The van der Waals surface area contributed by atoms with Crippen molar-refractivity contribution in [1.82, 2.24) is 25.1 Å². The van der Waals surface area contributed by atoms with Crippen molar-refractivity contribution in [3.8, 4) is 5.69 Å². The smallest absolute Gasteiger partial charge is 0.230 e. The summed E-state index contributed by atoms with van der Waals surface area (Å²) in [6.07, 6.45) is 2.10. The van der Waals surface area contributed by atoms with Crippen molar-refractivity contribution in [3.63, 3.8) is 0 Å². The van der Waals surface area contributed by atoms with Crippen LogP contribution in [0.3, 0.4) is 0 Å². The van der Waals surface area contributed by atoms with Gasteiger partial charge >= 0.3 is 0 Å². The number of hydrogen-bond acceptors (Lipinski definition) is 6. The summed E-state index contributed by atoms with van der Waals surface area (Å²) >= 11 is 7.60. The zero-order chi connectivity index (χ0) is 21.3. The van der Waals surface area contributed by atoms with Gasteiger partial charge in [0.05, 0.1) is 22.9 Å². The van der Waals surface area contributed by atoms with Crippen LogP contribution < -0.4 is 10.8 Å². The number of halogens is 1. The first-order chi connectivity index (χ1) is 14.5. The lowest BCUT2D eigenvalue weighted by Crippen LogP contribution is -2.33. The van der Waals surface area contributed by atoms with Gasteiger partial charge in [0.1, 0.15) is 5.49 Å². The summed E-state index contributed by atoms with van der Waals surface area (Å²) in [6.45, 7) is 5.03. The van der Waals surface area contributed by atoms with Crippen LogP contribution in [0.4, 0.5) is 0 Å². The Morgan fingerprint density at radius 3 is 3.07 bits per heavy atom. The number of aryl methyl sites for hydroxylation is 1. The zero-order valence-electron chi connectivity index (χ0n) is 16.8. The number of aromatic nitrogens is 4. The molecule has 0 bridgehead atoms. The summed E-state index contributed by atoms with van der Waals surface area (Å²) in [5.74, 6) is 0.0738. The number of rotatable bonds is 6. The van der Waals surface area contributed by atoms with E-state index in [4.69, 9.17) is 21.7 Å². The third-order valence-corrected chi connectivity index (χ3v) is 6.49. The van der Waals surface area contributed by atoms with Gasteiger partial charge in [0.15, 0.2) is 10.8 Å². The molecule has 1 saturated heterocycles. The molecule has 10 heteroatoms. The molecule has 1 aliphatic heterocycles. The molecule has 1 amide bonds. The number of hydrogen-bond donors (Lipinski definition) is 3. The molecule has 2 aromatic heterocycles. The zero-order valence-corrected chi connectivity index (χ0v) is 18.4. The molecule has 0 aliphatic carbocycles. The predicted molar refractivity (Wildman–Crippen MR) is 116 cm³/mol. The minimum Gasteiger partial charge on any atom is -0.376 e. The number of amides is 1. The van der Waals surface area contributed by atoms with Crippen LogP contribution in [0.5, 0.6) is 0 Å². The quantitative estimate of drug-likeness (QED) is 0.398. The van der Waals surface area contributed by atoms with Crippen LogP contribution in [0.1, 0.15) is 24.1 Å². The Labute approximate surface area is 182 Å². The lowest BCUT2D eigenvalue weighted by atomic mass is 10.2. The van der Waals surface area contributed by atoms with Gasteiger partial charge in [-0.25, -0.2) is 4.98 Å². The molecule has 30 heavy (non-hydrogen) atoms. The average Bonchev–Trinajstić information content (AvgIpc) is 3.37. The third kappa shape index (κ3) is 4.10. The first-order valence-corrected chi connectivity index (χ1v) is 11.1. The lowest BCUT2D eigenvalue weighted by molar-refractivity contribution is -0.119. The summed E-state index contributed by atoms with van der Waals surface area (Å²) in [6, 6.07) is 5.54. The topological polar surface area (TPSA) is 109 Å². The first-order valence-electron chi connectivity index (χ1n) is 9.74. The molecule has 8 nitrogen and oxygen atoms in total. The summed E-state index contributed by atoms with van der Waals surface area (Å²) < 4.78 is 7.27. The number of H-pyrrole nitrogens is 1. The number of carbonyl (C=O) groups is 1. The highest BCUT2D eigenvalue weighted by Gasteiger charge is 2.19. The second-order valence-corrected chi connectivity index (χ2v) is 8.59. The van der Waals surface area contributed by atoms with E-state index < -0.39 is 0 Å². The van der Waals surface area contributed by atoms with Gasteiger partial charge in [0.2, 0.25) is 5.91 Å². The number of nitrogens with one attached hydrogen (secondary N) is 3. The van der Waals surface area contributed by atoms with E-state index in [0.29, 0.717) is 27.8 Å². The second-order valence-electron chi connectivity index (χ2n) is 7.24. The molecular formula is C20H23ClN6O2S. The Hall–Kier alpha value is -2.36. The summed E-state index contributed by atoms with van der Waals surface area (Å²) in [4.78, 5) is 17.0. The molecule has 3 heterocycles. The first kappa shape index (κ1) is 20.9. The van der Waals surface area contributed by atoms with E-state index in [2.05, 4.69) is 20.5 Å². The van der Waals surface area contributed by atoms with E-state index >= 15 is 0 Å². The van der Waals surface area contributed by atoms with Crippen LogP contribution >= 0.6 is 23.4 Å². The standard InChI is InChI=1S/C20H23ClN6O2S/c1-11-14(21)6-3-7-15(11)27-18(22)17-12(2)25-26-19(17)24-20(27)30-10-16(28)23-9-13-5-4-8-29-13/h3,6-7,13,22H,4-5,8-10H2,1-2H3,(H,23,28)(H,25,26)/t13-/m0/s1. The highest BCUT2D eigenvalue weighted by molar-refractivity contribution is 7.99. The molecule has 0 spiro atoms. The van der Waals surface area contributed by atoms with Crippen molar-refractivity contribution >= 4 is 40.3 Å². The van der Waals surface area contributed by atoms with Crippen molar-refractivity contribution in [1.29, 1.82) is 5.41 Å². The van der Waals surface area contributed by atoms with Crippen LogP contribution in [-0.2, 0) is 9.53 Å². The normalized spacial score (nSPS) is 16.3. The van der Waals surface area contributed by atoms with Gasteiger partial charge in [-0.2, -0.15) is 5.10 Å². The largest absolute Gasteiger partial charge is 0.376 e. The van der Waals surface area contributed by atoms with Gasteiger partial charge in [-0.3, -0.25) is 19.9 Å². The van der Waals surface area contributed by atoms with E-state index in [1.807, 2.05) is 32.0 Å². The van der Waals surface area contributed by atoms with Crippen molar-refractivity contribution in [3.05, 3.63) is 40.0 Å². The SMILES string of the molecule is Cc1c(Cl)cccc1-n1c(SCC(=O)NC[C@@H]2CCCO2)nc2n[nH]c(C)c2c1=N. The van der Waals surface area contributed by atoms with E-state index in [1.54, 1.807) is 4.57 Å². The number of ether oxygens (including phenoxy) is 1. The van der Waals surface area contributed by atoms with Gasteiger partial charge in [-0.1, -0.05) is 29.4 Å². The maximum atomic E-state index is 12.4. The van der Waals surface area contributed by atoms with Crippen LogP contribution in [0.15, 0.2) is 23.4 Å². The van der Waals surface area contributed by atoms with Crippen LogP contribution in [-0.4, -0.2) is 50.7 Å². The van der Waals surface area contributed by atoms with Gasteiger partial charge < -0.3 is 10.1 Å². The van der Waals surface area contributed by atoms with Gasteiger partial charge in [0.25, 0.3) is 0 Å². The fraction of sp³-hybridized carbons (Fsp3) is 0.400. The van der Waals surface area contributed by atoms with Crippen molar-refractivity contribution < 1.29 is 9.53 Å². The molecule has 158 valence electrons. The van der Waals surface area contributed by atoms with Gasteiger partial charge in [-0.05, 0) is 44.4 Å². The molecule has 1 fully saturated rings. The summed E-state index contributed by atoms with van der Waals surface area (Å²) in [5, 5.41) is 20.6. The molecule has 3 aromatic rings. The van der Waals surface area contributed by atoms with Gasteiger partial charge in [-0.15, -0.1) is 0 Å². The fourth-order valence-corrected chi connectivity index (χ4v) is 4.50. The molecule has 0 saturated carbocycles. The fourth-order valence-electron chi connectivity index (χ4n) is 3.50. The molecule has 1 atom stereocenters. The van der Waals surface area contributed by atoms with Crippen molar-refractivity contribution in [2.45, 2.75) is 37.9 Å². The maximum absolute atomic E-state index is 12.4.